The summed E-state index contributed by atoms with van der Waals surface area (Å²) in [5, 5.41) is 12.7. The highest BCUT2D eigenvalue weighted by Crippen LogP contribution is 2.71. The second-order valence-electron chi connectivity index (χ2n) is 9.38. The Morgan fingerprint density at radius 3 is 2.12 bits per heavy atom. The lowest BCUT2D eigenvalue weighted by molar-refractivity contribution is -0.0551. The number of anilines is 1. The minimum absolute atomic E-state index is 0.113. The van der Waals surface area contributed by atoms with Crippen LogP contribution in [0.25, 0.3) is 0 Å². The third kappa shape index (κ3) is 10.4. The van der Waals surface area contributed by atoms with E-state index in [-0.39, 0.29) is 10.7 Å². The van der Waals surface area contributed by atoms with Crippen molar-refractivity contribution in [1.29, 1.82) is 0 Å². The molecule has 0 aliphatic carbocycles. The molecule has 0 radical (unpaired) electrons. The molecule has 7 N–H and O–H groups in total. The number of phosphoric acid groups is 3. The molecule has 262 valence electrons. The van der Waals surface area contributed by atoms with Crippen LogP contribution < -0.4 is 21.9 Å². The van der Waals surface area contributed by atoms with Crippen LogP contribution in [-0.4, -0.2) is 65.2 Å². The lowest BCUT2D eigenvalue weighted by atomic mass is 10.1. The highest BCUT2D eigenvalue weighted by molar-refractivity contribution is 7.73. The molecular weight excluding hydrogens is 754 g/mol. The van der Waals surface area contributed by atoms with Crippen LogP contribution in [0, 0.1) is 0 Å². The number of amides is 1. The van der Waals surface area contributed by atoms with Gasteiger partial charge in [-0.05, 0) is 36.4 Å². The van der Waals surface area contributed by atoms with Gasteiger partial charge in [0, 0.05) is 23.0 Å². The van der Waals surface area contributed by atoms with Crippen LogP contribution in [0.2, 0.25) is 5.02 Å². The largest absolute Gasteiger partial charge is 0.490 e. The van der Waals surface area contributed by atoms with Gasteiger partial charge in [-0.2, -0.15) is 8.62 Å². The first-order chi connectivity index (χ1) is 22.3. The van der Waals surface area contributed by atoms with Gasteiger partial charge in [-0.25, -0.2) is 27.6 Å². The third-order valence-electron chi connectivity index (χ3n) is 5.88. The van der Waals surface area contributed by atoms with Gasteiger partial charge in [-0.15, -0.1) is 0 Å². The topological polar surface area (TPSA) is 309 Å². The van der Waals surface area contributed by atoms with E-state index in [9.17, 15) is 57.3 Å². The number of hydrogen-bond acceptors (Lipinski definition) is 14. The van der Waals surface area contributed by atoms with Crippen LogP contribution in [0.3, 0.4) is 0 Å². The molecule has 48 heavy (non-hydrogen) atoms. The third-order valence-corrected chi connectivity index (χ3v) is 12.6. The van der Waals surface area contributed by atoms with Crippen molar-refractivity contribution in [2.75, 3.05) is 11.9 Å². The number of aliphatic hydroxyl groups is 1. The number of carbonyl (C=O) groups is 1. The number of nitrogens with one attached hydrogen (secondary N) is 2. The Labute approximate surface area is 272 Å². The SMILES string of the molecule is O=C(Nc1ccccc1)OC1C(O)C(COP(=O)(O)OP(=O)(O)OP(=O)(O)OP(=O)(O)c2ccc(Cl)cc2)OC1n1ccc(=O)[nH]c1=O. The van der Waals surface area contributed by atoms with E-state index in [2.05, 4.69) is 22.8 Å². The van der Waals surface area contributed by atoms with E-state index >= 15 is 0 Å². The standard InChI is InChI=1S/C22H24ClN3O18P4/c23-13-6-8-15(9-7-13)45(31,32)42-47(35,36)44-48(37,38)43-46(33,34)39-12-16-18(28)19(41-22(30)24-14-4-2-1-3-5-14)20(40-16)26-11-10-17(27)25-21(26)29/h1-11,16,18-20,28H,12H2,(H,24,30)(H,31,32)(H,33,34)(H,35,36)(H,37,38)(H,25,27,29). The van der Waals surface area contributed by atoms with Crippen molar-refractivity contribution >= 4 is 59.7 Å². The minimum atomic E-state index is -6.12. The number of halogens is 1. The van der Waals surface area contributed by atoms with Crippen LogP contribution in [-0.2, 0) is 45.2 Å². The van der Waals surface area contributed by atoms with Gasteiger partial charge < -0.3 is 34.2 Å². The Morgan fingerprint density at radius 2 is 1.50 bits per heavy atom. The van der Waals surface area contributed by atoms with Crippen LogP contribution in [0.5, 0.6) is 0 Å². The number of aromatic amines is 1. The molecule has 1 aromatic heterocycles. The average molecular weight is 778 g/mol. The van der Waals surface area contributed by atoms with Gasteiger partial charge in [0.15, 0.2) is 12.3 Å². The zero-order chi connectivity index (χ0) is 35.5. The summed E-state index contributed by atoms with van der Waals surface area (Å²) >= 11 is 5.66. The number of nitrogens with zero attached hydrogens (tertiary/aromatic N) is 1. The zero-order valence-corrected chi connectivity index (χ0v) is 27.9. The molecule has 4 rings (SSSR count). The molecule has 1 aliphatic heterocycles. The summed E-state index contributed by atoms with van der Waals surface area (Å²) in [5.74, 6) is 0. The smallest absolute Gasteiger partial charge is 0.438 e. The number of ether oxygens (including phenoxy) is 2. The molecule has 3 aromatic rings. The number of H-pyrrole nitrogens is 1. The van der Waals surface area contributed by atoms with Gasteiger partial charge >= 0.3 is 42.8 Å². The first kappa shape index (κ1) is 38.0. The molecule has 21 nitrogen and oxygen atoms in total. The van der Waals surface area contributed by atoms with Crippen LogP contribution in [0.1, 0.15) is 6.23 Å². The summed E-state index contributed by atoms with van der Waals surface area (Å²) in [6, 6.07) is 12.8. The van der Waals surface area contributed by atoms with Crippen LogP contribution >= 0.6 is 42.7 Å². The zero-order valence-electron chi connectivity index (χ0n) is 23.5. The van der Waals surface area contributed by atoms with E-state index in [4.69, 9.17) is 21.1 Å². The van der Waals surface area contributed by atoms with E-state index in [0.29, 0.717) is 4.57 Å². The summed E-state index contributed by atoms with van der Waals surface area (Å²) in [6.07, 6.45) is -7.34. The first-order valence-corrected chi connectivity index (χ1v) is 19.2. The number of rotatable bonds is 13. The molecule has 8 unspecified atom stereocenters. The second-order valence-corrected chi connectivity index (χ2v) is 16.4. The van der Waals surface area contributed by atoms with Gasteiger partial charge in [-0.1, -0.05) is 29.8 Å². The second kappa shape index (κ2) is 15.0. The van der Waals surface area contributed by atoms with Crippen molar-refractivity contribution in [1.82, 2.24) is 9.55 Å². The molecular formula is C22H24ClN3O18P4. The molecule has 1 saturated heterocycles. The van der Waals surface area contributed by atoms with E-state index in [1.54, 1.807) is 18.2 Å². The Balaban J connectivity index is 1.44. The molecule has 0 saturated carbocycles. The van der Waals surface area contributed by atoms with Gasteiger partial charge in [0.25, 0.3) is 5.56 Å². The first-order valence-electron chi connectivity index (χ1n) is 12.8. The Morgan fingerprint density at radius 1 is 0.896 bits per heavy atom. The lowest BCUT2D eigenvalue weighted by Gasteiger charge is -2.22. The predicted octanol–water partition coefficient (Wildman–Crippen LogP) is 1.94. The van der Waals surface area contributed by atoms with Crippen LogP contribution in [0.15, 0.2) is 76.4 Å². The molecule has 1 amide bonds. The maximum Gasteiger partial charge on any atom is 0.490 e. The molecule has 0 bridgehead atoms. The minimum Gasteiger partial charge on any atom is -0.438 e. The van der Waals surface area contributed by atoms with Gasteiger partial charge in [0.1, 0.15) is 12.2 Å². The maximum atomic E-state index is 12.6. The Kier molecular flexibility index (Phi) is 11.9. The Bertz CT molecular complexity index is 1940. The summed E-state index contributed by atoms with van der Waals surface area (Å²) < 4.78 is 77.2. The highest BCUT2D eigenvalue weighted by Gasteiger charge is 2.50. The molecule has 2 aromatic carbocycles. The average Bonchev–Trinajstić information content (AvgIpc) is 3.25. The number of carbonyl (C=O) groups excluding carboxylic acids is 1. The fourth-order valence-corrected chi connectivity index (χ4v) is 9.46. The summed E-state index contributed by atoms with van der Waals surface area (Å²) in [6.45, 7) is -1.20. The number of benzene rings is 2. The molecule has 8 atom stereocenters. The monoisotopic (exact) mass is 777 g/mol. The van der Waals surface area contributed by atoms with Crippen molar-refractivity contribution in [2.24, 2.45) is 0 Å². The molecule has 1 aliphatic rings. The number of hydrogen-bond donors (Lipinski definition) is 7. The maximum absolute atomic E-state index is 12.6. The highest BCUT2D eigenvalue weighted by atomic mass is 35.5. The van der Waals surface area contributed by atoms with E-state index in [1.807, 2.05) is 4.98 Å². The van der Waals surface area contributed by atoms with E-state index < -0.39 is 84.9 Å². The summed E-state index contributed by atoms with van der Waals surface area (Å²) in [7, 11) is -23.1. The van der Waals surface area contributed by atoms with E-state index in [1.165, 1.54) is 12.1 Å². The normalized spacial score (nSPS) is 24.4. The molecule has 1 fully saturated rings. The number of aliphatic hydroxyl groups excluding tert-OH is 1. The van der Waals surface area contributed by atoms with Crippen molar-refractivity contribution in [3.63, 3.8) is 0 Å². The summed E-state index contributed by atoms with van der Waals surface area (Å²) in [5.41, 5.74) is -1.62. The Hall–Kier alpha value is -2.80. The predicted molar refractivity (Wildman–Crippen MR) is 161 cm³/mol. The summed E-state index contributed by atoms with van der Waals surface area (Å²) in [4.78, 5) is 78.0. The van der Waals surface area contributed by atoms with Gasteiger partial charge in [0.05, 0.1) is 11.9 Å². The molecule has 2 heterocycles. The fraction of sp³-hybridized carbons (Fsp3) is 0.227. The fourth-order valence-electron chi connectivity index (χ4n) is 3.93. The quantitative estimate of drug-likeness (QED) is 0.122. The van der Waals surface area contributed by atoms with Crippen molar-refractivity contribution in [3.8, 4) is 0 Å². The number of para-hydroxylation sites is 1. The van der Waals surface area contributed by atoms with Crippen molar-refractivity contribution < 1.29 is 74.7 Å². The van der Waals surface area contributed by atoms with Gasteiger partial charge in [-0.3, -0.25) is 28.8 Å². The number of aromatic nitrogens is 2. The van der Waals surface area contributed by atoms with E-state index in [0.717, 1.165) is 36.5 Å². The molecule has 26 heteroatoms. The lowest BCUT2D eigenvalue weighted by Crippen LogP contribution is -2.41. The van der Waals surface area contributed by atoms with Crippen molar-refractivity contribution in [2.45, 2.75) is 24.5 Å². The number of phosphoric ester groups is 1. The van der Waals surface area contributed by atoms with Crippen LogP contribution in [0.4, 0.5) is 10.5 Å². The van der Waals surface area contributed by atoms with Gasteiger partial charge in [0.2, 0.25) is 0 Å². The molecule has 0 spiro atoms. The van der Waals surface area contributed by atoms with Crippen molar-refractivity contribution in [3.05, 3.63) is 92.7 Å².